The molecule has 0 radical (unpaired) electrons. The zero-order valence-electron chi connectivity index (χ0n) is 48.1. The van der Waals surface area contributed by atoms with Gasteiger partial charge in [-0.3, -0.25) is 23.7 Å². The second kappa shape index (κ2) is 34.3. The van der Waals surface area contributed by atoms with Crippen LogP contribution in [0.4, 0.5) is 37.7 Å². The maximum absolute atomic E-state index is 12.8. The molecule has 23 nitrogen and oxygen atoms in total. The van der Waals surface area contributed by atoms with Crippen LogP contribution in [0.15, 0.2) is 59.4 Å². The van der Waals surface area contributed by atoms with E-state index in [9.17, 15) is 40.9 Å². The van der Waals surface area contributed by atoms with Crippen molar-refractivity contribution in [3.8, 4) is 11.4 Å². The first-order chi connectivity index (χ1) is 38.9. The Balaban J connectivity index is 0.000000366. The number of amides is 2. The molecule has 4 atom stereocenters. The number of aromatic nitrogens is 6. The first-order valence-corrected chi connectivity index (χ1v) is 32.1. The molecule has 7 N–H and O–H groups in total. The van der Waals surface area contributed by atoms with Gasteiger partial charge in [0.05, 0.1) is 57.7 Å². The number of aryl methyl sites for hydroxylation is 3. The van der Waals surface area contributed by atoms with E-state index in [1.807, 2.05) is 84.9 Å². The number of para-hydroxylation sites is 3. The van der Waals surface area contributed by atoms with Crippen LogP contribution >= 0.6 is 77.0 Å². The highest BCUT2D eigenvalue weighted by Gasteiger charge is 2.32. The lowest BCUT2D eigenvalue weighted by Gasteiger charge is -2.35. The minimum absolute atomic E-state index is 0.0223. The number of sulfonamides is 1. The zero-order valence-corrected chi connectivity index (χ0v) is 54.4. The van der Waals surface area contributed by atoms with Crippen molar-refractivity contribution in [2.45, 2.75) is 110 Å². The Bertz CT molecular complexity index is 3230. The summed E-state index contributed by atoms with van der Waals surface area (Å²) in [7, 11) is -5.11. The lowest BCUT2D eigenvalue weighted by molar-refractivity contribution is -0.138. The number of halogens is 8. The molecule has 0 saturated carbocycles. The molecule has 5 aromatic rings. The summed E-state index contributed by atoms with van der Waals surface area (Å²) in [5.74, 6) is -0.134. The monoisotopic (exact) mass is 1340 g/mol. The molecule has 2 amide bonds. The van der Waals surface area contributed by atoms with Gasteiger partial charge in [0.15, 0.2) is 12.2 Å². The van der Waals surface area contributed by atoms with Gasteiger partial charge in [-0.15, -0.1) is 16.7 Å². The Hall–Kier alpha value is -5.12. The Morgan fingerprint density at radius 1 is 1.00 bits per heavy atom. The second-order valence-electron chi connectivity index (χ2n) is 19.5. The van der Waals surface area contributed by atoms with Gasteiger partial charge in [0, 0.05) is 32.0 Å². The lowest BCUT2D eigenvalue weighted by atomic mass is 10.0. The van der Waals surface area contributed by atoms with Crippen LogP contribution in [0.25, 0.3) is 5.69 Å². The Labute approximate surface area is 517 Å². The number of nitrogens with one attached hydrogen (secondary N) is 3. The Morgan fingerprint density at radius 2 is 1.62 bits per heavy atom. The summed E-state index contributed by atoms with van der Waals surface area (Å²) in [6, 6.07) is 14.6. The summed E-state index contributed by atoms with van der Waals surface area (Å²) in [5.41, 5.74) is 7.65. The van der Waals surface area contributed by atoms with E-state index in [0.717, 1.165) is 47.8 Å². The largest absolute Gasteiger partial charge is 0.489 e. The predicted molar refractivity (Wildman–Crippen MR) is 330 cm³/mol. The highest BCUT2D eigenvalue weighted by atomic mass is 35.5. The standard InChI is InChI=1S/C15H22ClNO2.C11H10Cl2F2N4O3S.C11H11Cl2NO2.C9H16ClN5.C5H12NO4P/c1-5-13-8-6-7-11(2)15(13)17(14(18)9-16)12(3)10-19-4;1-5-16-19(11(20)18(5)10(14)15)9-4-8(17-23(2,21)22)6(12)3-7(9)13;1-7-6-16-9-5-3-2-4-8(9)14(7)11(15)10(12)13;1-5-11-7-12-6(10)13-8(14-7)15-9(2,3)4;1-11(9,10)3-2-4(6)5(7)8/h6-8,12H,5,9-10H2,1-4H3;3-4,10,17H,1-2H3;2-5,7,10H,6H2,1H3;5H2,1-4H3,(H2,11,12,13,14,15);4H,2-3,6H2,1H3,(H,7,8)(H,9,10). The number of carbonyl (C=O) groups is 3. The maximum atomic E-state index is 12.8. The van der Waals surface area contributed by atoms with E-state index >= 15 is 0 Å². The van der Waals surface area contributed by atoms with Crippen molar-refractivity contribution in [2.75, 3.05) is 77.0 Å². The van der Waals surface area contributed by atoms with Crippen LogP contribution in [-0.2, 0) is 40.1 Å². The number of nitrogens with zero attached hydrogens (tertiary/aromatic N) is 8. The van der Waals surface area contributed by atoms with Crippen LogP contribution in [0, 0.1) is 13.8 Å². The van der Waals surface area contributed by atoms with Crippen LogP contribution in [0.2, 0.25) is 15.3 Å². The molecule has 468 valence electrons. The third-order valence-corrected chi connectivity index (χ3v) is 14.0. The minimum atomic E-state index is -3.65. The topological polar surface area (TPSA) is 308 Å². The number of carboxylic acids is 1. The van der Waals surface area contributed by atoms with E-state index in [4.69, 9.17) is 94.8 Å². The van der Waals surface area contributed by atoms with Crippen molar-refractivity contribution in [3.63, 3.8) is 0 Å². The summed E-state index contributed by atoms with van der Waals surface area (Å²) < 4.78 is 72.6. The quantitative estimate of drug-likeness (QED) is 0.0351. The summed E-state index contributed by atoms with van der Waals surface area (Å²) in [6.45, 7) is 17.0. The van der Waals surface area contributed by atoms with Crippen molar-refractivity contribution in [1.82, 2.24) is 29.3 Å². The van der Waals surface area contributed by atoms with Gasteiger partial charge in [-0.1, -0.05) is 83.7 Å². The first-order valence-electron chi connectivity index (χ1n) is 25.3. The maximum Gasteiger partial charge on any atom is 0.355 e. The van der Waals surface area contributed by atoms with Gasteiger partial charge in [-0.2, -0.15) is 28.4 Å². The van der Waals surface area contributed by atoms with Gasteiger partial charge in [0.25, 0.3) is 5.91 Å². The van der Waals surface area contributed by atoms with E-state index in [-0.39, 0.29) is 85.0 Å². The minimum Gasteiger partial charge on any atom is -0.489 e. The summed E-state index contributed by atoms with van der Waals surface area (Å²) in [4.78, 5) is 69.4. The number of fused-ring (bicyclic) bond motifs is 1. The van der Waals surface area contributed by atoms with Crippen molar-refractivity contribution in [3.05, 3.63) is 97.4 Å². The van der Waals surface area contributed by atoms with Gasteiger partial charge in [-0.25, -0.2) is 17.8 Å². The molecule has 0 saturated heterocycles. The van der Waals surface area contributed by atoms with Crippen molar-refractivity contribution in [1.29, 1.82) is 0 Å². The van der Waals surface area contributed by atoms with E-state index in [1.165, 1.54) is 19.7 Å². The average molecular weight is 1340 g/mol. The molecule has 4 unspecified atom stereocenters. The predicted octanol–water partition coefficient (Wildman–Crippen LogP) is 10.0. The number of ether oxygens (including phenoxy) is 2. The number of carbonyl (C=O) groups excluding carboxylic acids is 2. The van der Waals surface area contributed by atoms with E-state index in [0.29, 0.717) is 35.5 Å². The molecule has 2 aromatic heterocycles. The Kier molecular flexibility index (Phi) is 30.6. The first kappa shape index (κ1) is 75.0. The van der Waals surface area contributed by atoms with Gasteiger partial charge >= 0.3 is 18.2 Å². The molecular formula is C51H71Cl6F2N12O11PS. The van der Waals surface area contributed by atoms with Crippen LogP contribution in [0.3, 0.4) is 0 Å². The molecule has 1 aliphatic rings. The second-order valence-corrected chi connectivity index (χ2v) is 26.3. The van der Waals surface area contributed by atoms with Gasteiger partial charge in [0.2, 0.25) is 33.1 Å². The number of rotatable bonds is 18. The number of alkyl halides is 5. The molecule has 0 aliphatic carbocycles. The lowest BCUT2D eigenvalue weighted by Crippen LogP contribution is -2.47. The molecule has 6 rings (SSSR count). The fraction of sp³-hybridized carbons (Fsp3) is 0.490. The van der Waals surface area contributed by atoms with E-state index < -0.39 is 46.5 Å². The van der Waals surface area contributed by atoms with Crippen LogP contribution < -0.4 is 41.3 Å². The third kappa shape index (κ3) is 24.3. The number of methoxy groups -OCH3 is 1. The van der Waals surface area contributed by atoms with Crippen LogP contribution in [0.1, 0.15) is 78.4 Å². The number of anilines is 5. The Morgan fingerprint density at radius 3 is 2.13 bits per heavy atom. The molecule has 1 aliphatic heterocycles. The summed E-state index contributed by atoms with van der Waals surface area (Å²) in [5, 5.41) is 18.2. The number of aliphatic carboxylic acids is 1. The summed E-state index contributed by atoms with van der Waals surface area (Å²) in [6.07, 6.45) is 1.78. The van der Waals surface area contributed by atoms with Crippen molar-refractivity contribution >= 4 is 134 Å². The number of hydrogen-bond donors (Lipinski definition) is 6. The van der Waals surface area contributed by atoms with E-state index in [1.54, 1.807) is 16.9 Å². The molecular weight excluding hydrogens is 1270 g/mol. The van der Waals surface area contributed by atoms with Crippen molar-refractivity contribution < 1.29 is 55.6 Å². The van der Waals surface area contributed by atoms with Crippen LogP contribution in [0.5, 0.6) is 5.75 Å². The summed E-state index contributed by atoms with van der Waals surface area (Å²) >= 11 is 34.6. The molecule has 3 heterocycles. The van der Waals surface area contributed by atoms with Crippen LogP contribution in [-0.4, -0.2) is 146 Å². The van der Waals surface area contributed by atoms with Gasteiger partial charge in [0.1, 0.15) is 30.1 Å². The normalized spacial score (nSPS) is 14.2. The molecule has 0 fully saturated rings. The number of hydrogen-bond acceptors (Lipinski definition) is 16. The highest BCUT2D eigenvalue weighted by molar-refractivity contribution is 7.92. The molecule has 33 heteroatoms. The van der Waals surface area contributed by atoms with E-state index in [2.05, 4.69) is 48.4 Å². The average Bonchev–Trinajstić information content (AvgIpc) is 3.67. The third-order valence-electron chi connectivity index (χ3n) is 11.0. The SMILES string of the molecule is CC1COc2ccccc2N1C(=O)C(Cl)Cl.CCNc1nc(Cl)nc(NC(C)(C)C)n1.CCc1cccc(C)c1N(C(=O)CCl)C(C)COC.CP(=O)(O)CCC(N)C(=O)O.Cc1nn(-c2cc(NS(C)(=O)=O)c(Cl)cc2Cl)c(=O)n1C(F)F. The molecule has 84 heavy (non-hydrogen) atoms. The molecule has 0 spiro atoms. The fourth-order valence-corrected chi connectivity index (χ4v) is 9.77. The highest BCUT2D eigenvalue weighted by Crippen LogP contribution is 2.37. The molecule has 0 bridgehead atoms. The fourth-order valence-electron chi connectivity index (χ4n) is 7.38. The molecule has 3 aromatic carbocycles. The zero-order chi connectivity index (χ0) is 64.2. The number of carboxylic acid groups (broad SMARTS) is 1. The van der Waals surface area contributed by atoms with Gasteiger partial charge in [-0.05, 0) is 115 Å². The van der Waals surface area contributed by atoms with Crippen molar-refractivity contribution in [2.24, 2.45) is 5.73 Å². The number of nitrogens with two attached hydrogens (primary N) is 1. The van der Waals surface area contributed by atoms with Gasteiger partial charge < -0.3 is 45.6 Å². The smallest absolute Gasteiger partial charge is 0.355 e. The number of benzene rings is 3.